The van der Waals surface area contributed by atoms with E-state index in [2.05, 4.69) is 29.7 Å². The molecule has 2 aromatic rings. The molecule has 1 aliphatic heterocycles. The highest BCUT2D eigenvalue weighted by atomic mass is 127. The average molecular weight is 457 g/mol. The van der Waals surface area contributed by atoms with Gasteiger partial charge in [-0.3, -0.25) is 0 Å². The normalized spacial score (nSPS) is 15.2. The molecule has 0 aliphatic carbocycles. The van der Waals surface area contributed by atoms with Gasteiger partial charge in [0.05, 0.1) is 5.69 Å². The summed E-state index contributed by atoms with van der Waals surface area (Å²) in [4.78, 5) is 21.6. The van der Waals surface area contributed by atoms with Crippen LogP contribution in [0, 0.1) is 6.92 Å². The van der Waals surface area contributed by atoms with Crippen LogP contribution in [-0.4, -0.2) is 52.0 Å². The Bertz CT molecular complexity index is 696. The molecule has 0 spiro atoms. The topological polar surface area (TPSA) is 96.7 Å². The number of hydrogen-bond acceptors (Lipinski definition) is 6. The van der Waals surface area contributed by atoms with Crippen LogP contribution in [0.3, 0.4) is 0 Å². The number of piperazine rings is 1. The minimum absolute atomic E-state index is 0. The molecular weight excluding hydrogens is 433 g/mol. The smallest absolute Gasteiger partial charge is 0.225 e. The van der Waals surface area contributed by atoms with Crippen LogP contribution in [0.1, 0.15) is 24.3 Å². The predicted molar refractivity (Wildman–Crippen MR) is 107 cm³/mol. The van der Waals surface area contributed by atoms with Gasteiger partial charge in [0.2, 0.25) is 5.95 Å². The number of rotatable bonds is 4. The van der Waals surface area contributed by atoms with Crippen molar-refractivity contribution in [3.05, 3.63) is 35.8 Å². The fraction of sp³-hybridized carbons (Fsp3) is 0.500. The summed E-state index contributed by atoms with van der Waals surface area (Å²) in [7, 11) is 0. The predicted octanol–water partition coefficient (Wildman–Crippen LogP) is 1.59. The van der Waals surface area contributed by atoms with Crippen LogP contribution in [0.15, 0.2) is 27.9 Å². The van der Waals surface area contributed by atoms with E-state index in [1.165, 1.54) is 0 Å². The summed E-state index contributed by atoms with van der Waals surface area (Å²) >= 11 is 0. The van der Waals surface area contributed by atoms with E-state index in [4.69, 9.17) is 10.2 Å². The van der Waals surface area contributed by atoms with Gasteiger partial charge in [-0.15, -0.1) is 24.0 Å². The van der Waals surface area contributed by atoms with Gasteiger partial charge in [-0.2, -0.15) is 0 Å². The standard InChI is InChI=1S/C16H23N7O.HI/c1-3-14-21-12(2)13(24-14)11-20-15(17)22-7-9-23(10-8-22)16-18-5-4-6-19-16;/h4-6H,3,7-11H2,1-2H3,(H2,17,20);1H. The first-order valence-electron chi connectivity index (χ1n) is 8.19. The van der Waals surface area contributed by atoms with Crippen molar-refractivity contribution in [2.75, 3.05) is 31.1 Å². The van der Waals surface area contributed by atoms with Crippen LogP contribution in [0.2, 0.25) is 0 Å². The van der Waals surface area contributed by atoms with Gasteiger partial charge in [0.15, 0.2) is 11.9 Å². The first-order valence-corrected chi connectivity index (χ1v) is 8.19. The van der Waals surface area contributed by atoms with E-state index < -0.39 is 0 Å². The number of anilines is 1. The maximum Gasteiger partial charge on any atom is 0.225 e. The molecule has 9 heteroatoms. The Morgan fingerprint density at radius 2 is 1.92 bits per heavy atom. The van der Waals surface area contributed by atoms with Gasteiger partial charge in [-0.25, -0.2) is 19.9 Å². The minimum atomic E-state index is 0. The molecule has 2 aromatic heterocycles. The zero-order valence-electron chi connectivity index (χ0n) is 14.6. The van der Waals surface area contributed by atoms with Crippen molar-refractivity contribution in [1.82, 2.24) is 19.9 Å². The summed E-state index contributed by atoms with van der Waals surface area (Å²) in [6.45, 7) is 7.60. The quantitative estimate of drug-likeness (QED) is 0.423. The molecule has 25 heavy (non-hydrogen) atoms. The largest absolute Gasteiger partial charge is 0.443 e. The molecule has 3 heterocycles. The molecule has 0 radical (unpaired) electrons. The third-order valence-corrected chi connectivity index (χ3v) is 4.06. The molecule has 0 unspecified atom stereocenters. The number of halogens is 1. The van der Waals surface area contributed by atoms with Gasteiger partial charge in [0.1, 0.15) is 12.3 Å². The van der Waals surface area contributed by atoms with E-state index in [9.17, 15) is 0 Å². The first-order chi connectivity index (χ1) is 11.7. The number of aryl methyl sites for hydroxylation is 2. The maximum atomic E-state index is 6.13. The maximum absolute atomic E-state index is 6.13. The SMILES string of the molecule is CCc1nc(C)c(CN=C(N)N2CCN(c3ncccn3)CC2)o1.I. The molecule has 0 aromatic carbocycles. The van der Waals surface area contributed by atoms with Crippen molar-refractivity contribution in [2.24, 2.45) is 10.7 Å². The van der Waals surface area contributed by atoms with Crippen molar-refractivity contribution in [3.63, 3.8) is 0 Å². The first kappa shape index (κ1) is 19.4. The highest BCUT2D eigenvalue weighted by Gasteiger charge is 2.20. The molecule has 2 N–H and O–H groups in total. The van der Waals surface area contributed by atoms with Gasteiger partial charge >= 0.3 is 0 Å². The number of guanidine groups is 1. The Balaban J connectivity index is 0.00000225. The lowest BCUT2D eigenvalue weighted by atomic mass is 10.3. The van der Waals surface area contributed by atoms with Crippen molar-refractivity contribution in [3.8, 4) is 0 Å². The minimum Gasteiger partial charge on any atom is -0.443 e. The Hall–Kier alpha value is -1.91. The van der Waals surface area contributed by atoms with Crippen LogP contribution in [0.25, 0.3) is 0 Å². The highest BCUT2D eigenvalue weighted by molar-refractivity contribution is 14.0. The molecule has 1 fully saturated rings. The Labute approximate surface area is 164 Å². The molecular formula is C16H24IN7O. The van der Waals surface area contributed by atoms with E-state index in [0.29, 0.717) is 12.5 Å². The lowest BCUT2D eigenvalue weighted by molar-refractivity contribution is 0.377. The monoisotopic (exact) mass is 457 g/mol. The van der Waals surface area contributed by atoms with Crippen molar-refractivity contribution in [1.29, 1.82) is 0 Å². The second kappa shape index (κ2) is 8.97. The Morgan fingerprint density at radius 3 is 2.52 bits per heavy atom. The van der Waals surface area contributed by atoms with Gasteiger partial charge < -0.3 is 20.0 Å². The van der Waals surface area contributed by atoms with E-state index in [1.807, 2.05) is 19.9 Å². The second-order valence-corrected chi connectivity index (χ2v) is 5.67. The van der Waals surface area contributed by atoms with E-state index in [-0.39, 0.29) is 24.0 Å². The van der Waals surface area contributed by atoms with Crippen LogP contribution in [0.5, 0.6) is 0 Å². The summed E-state index contributed by atoms with van der Waals surface area (Å²) in [5, 5.41) is 0. The summed E-state index contributed by atoms with van der Waals surface area (Å²) in [6, 6.07) is 1.82. The molecule has 136 valence electrons. The van der Waals surface area contributed by atoms with Crippen LogP contribution >= 0.6 is 24.0 Å². The Morgan fingerprint density at radius 1 is 1.24 bits per heavy atom. The molecule has 0 amide bonds. The number of aromatic nitrogens is 3. The third-order valence-electron chi connectivity index (χ3n) is 4.06. The van der Waals surface area contributed by atoms with Gasteiger partial charge in [-0.1, -0.05) is 6.92 Å². The average Bonchev–Trinajstić information content (AvgIpc) is 3.00. The number of hydrogen-bond donors (Lipinski definition) is 1. The van der Waals surface area contributed by atoms with E-state index in [1.54, 1.807) is 12.4 Å². The van der Waals surface area contributed by atoms with Crippen LogP contribution < -0.4 is 10.6 Å². The summed E-state index contributed by atoms with van der Waals surface area (Å²) in [6.07, 6.45) is 4.30. The summed E-state index contributed by atoms with van der Waals surface area (Å²) in [5.41, 5.74) is 7.02. The van der Waals surface area contributed by atoms with Crippen LogP contribution in [-0.2, 0) is 13.0 Å². The zero-order chi connectivity index (χ0) is 16.9. The third kappa shape index (κ3) is 4.80. The lowest BCUT2D eigenvalue weighted by Crippen LogP contribution is -2.51. The Kier molecular flexibility index (Phi) is 6.97. The number of nitrogens with two attached hydrogens (primary N) is 1. The van der Waals surface area contributed by atoms with Gasteiger partial charge in [0, 0.05) is 45.0 Å². The fourth-order valence-electron chi connectivity index (χ4n) is 2.63. The van der Waals surface area contributed by atoms with Gasteiger partial charge in [0.25, 0.3) is 0 Å². The molecule has 8 nitrogen and oxygen atoms in total. The van der Waals surface area contributed by atoms with E-state index in [0.717, 1.165) is 55.9 Å². The summed E-state index contributed by atoms with van der Waals surface area (Å²) < 4.78 is 5.66. The number of nitrogens with zero attached hydrogens (tertiary/aromatic N) is 6. The van der Waals surface area contributed by atoms with Crippen molar-refractivity contribution < 1.29 is 4.42 Å². The zero-order valence-corrected chi connectivity index (χ0v) is 16.9. The number of oxazole rings is 1. The highest BCUT2D eigenvalue weighted by Crippen LogP contribution is 2.13. The second-order valence-electron chi connectivity index (χ2n) is 5.67. The molecule has 1 saturated heterocycles. The summed E-state index contributed by atoms with van der Waals surface area (Å²) in [5.74, 6) is 2.83. The molecule has 3 rings (SSSR count). The van der Waals surface area contributed by atoms with E-state index >= 15 is 0 Å². The fourth-order valence-corrected chi connectivity index (χ4v) is 2.63. The molecule has 0 atom stereocenters. The lowest BCUT2D eigenvalue weighted by Gasteiger charge is -2.35. The molecule has 0 saturated carbocycles. The van der Waals surface area contributed by atoms with Crippen molar-refractivity contribution >= 4 is 35.9 Å². The van der Waals surface area contributed by atoms with Gasteiger partial charge in [-0.05, 0) is 13.0 Å². The van der Waals surface area contributed by atoms with Crippen molar-refractivity contribution in [2.45, 2.75) is 26.8 Å². The number of aliphatic imine (C=N–C) groups is 1. The molecule has 1 aliphatic rings. The van der Waals surface area contributed by atoms with Crippen LogP contribution in [0.4, 0.5) is 5.95 Å². The molecule has 0 bridgehead atoms.